The third-order valence-corrected chi connectivity index (χ3v) is 4.55. The normalized spacial score (nSPS) is 12.4. The molecule has 0 fully saturated rings. The number of halogens is 1. The monoisotopic (exact) mass is 368 g/mol. The van der Waals surface area contributed by atoms with E-state index in [2.05, 4.69) is 5.32 Å². The van der Waals surface area contributed by atoms with Crippen LogP contribution < -0.4 is 10.5 Å². The van der Waals surface area contributed by atoms with Crippen LogP contribution in [0.25, 0.3) is 0 Å². The maximum atomic E-state index is 12.3. The molecule has 126 valence electrons. The SMILES string of the molecule is NS(=O)(=O)c1cc(C(=O)N[C@H](C(=O)O)c2ccccc2)ccc1Cl. The number of nitrogens with one attached hydrogen (secondary N) is 1. The zero-order chi connectivity index (χ0) is 17.9. The highest BCUT2D eigenvalue weighted by Gasteiger charge is 2.23. The lowest BCUT2D eigenvalue weighted by Crippen LogP contribution is -2.33. The second kappa shape index (κ2) is 7.00. The van der Waals surface area contributed by atoms with Crippen molar-refractivity contribution in [3.05, 3.63) is 64.7 Å². The molecule has 1 atom stereocenters. The Hall–Kier alpha value is -2.42. The van der Waals surface area contributed by atoms with Crippen LogP contribution >= 0.6 is 11.6 Å². The van der Waals surface area contributed by atoms with Gasteiger partial charge in [-0.3, -0.25) is 4.79 Å². The van der Waals surface area contributed by atoms with Gasteiger partial charge in [0.2, 0.25) is 10.0 Å². The molecule has 0 saturated carbocycles. The number of carbonyl (C=O) groups excluding carboxylic acids is 1. The van der Waals surface area contributed by atoms with Gasteiger partial charge in [0.1, 0.15) is 4.90 Å². The minimum atomic E-state index is -4.11. The lowest BCUT2D eigenvalue weighted by atomic mass is 10.1. The average molecular weight is 369 g/mol. The first-order valence-corrected chi connectivity index (χ1v) is 8.53. The first-order chi connectivity index (χ1) is 11.2. The molecular formula is C15H13ClN2O5S. The highest BCUT2D eigenvalue weighted by Crippen LogP contribution is 2.22. The number of benzene rings is 2. The summed E-state index contributed by atoms with van der Waals surface area (Å²) in [5.74, 6) is -2.02. The number of carboxylic acids is 1. The van der Waals surface area contributed by atoms with Crippen LogP contribution in [0.5, 0.6) is 0 Å². The number of aliphatic carboxylic acids is 1. The maximum absolute atomic E-state index is 12.3. The van der Waals surface area contributed by atoms with E-state index in [-0.39, 0.29) is 10.6 Å². The molecular weight excluding hydrogens is 356 g/mol. The van der Waals surface area contributed by atoms with Crippen molar-refractivity contribution in [2.45, 2.75) is 10.9 Å². The largest absolute Gasteiger partial charge is 0.479 e. The first-order valence-electron chi connectivity index (χ1n) is 6.61. The van der Waals surface area contributed by atoms with Gasteiger partial charge in [0.05, 0.1) is 5.02 Å². The van der Waals surface area contributed by atoms with Gasteiger partial charge in [-0.25, -0.2) is 18.4 Å². The van der Waals surface area contributed by atoms with Crippen molar-refractivity contribution in [2.24, 2.45) is 5.14 Å². The zero-order valence-electron chi connectivity index (χ0n) is 12.1. The third-order valence-electron chi connectivity index (χ3n) is 3.16. The zero-order valence-corrected chi connectivity index (χ0v) is 13.7. The number of hydrogen-bond donors (Lipinski definition) is 3. The van der Waals surface area contributed by atoms with E-state index >= 15 is 0 Å². The van der Waals surface area contributed by atoms with Gasteiger partial charge in [0.25, 0.3) is 5.91 Å². The van der Waals surface area contributed by atoms with Crippen LogP contribution in [0, 0.1) is 0 Å². The van der Waals surface area contributed by atoms with Crippen molar-refractivity contribution in [2.75, 3.05) is 0 Å². The summed E-state index contributed by atoms with van der Waals surface area (Å²) in [5.41, 5.74) is 0.296. The summed E-state index contributed by atoms with van der Waals surface area (Å²) in [4.78, 5) is 23.3. The predicted molar refractivity (Wildman–Crippen MR) is 87.1 cm³/mol. The molecule has 0 aliphatic carbocycles. The van der Waals surface area contributed by atoms with E-state index in [1.807, 2.05) is 0 Å². The Morgan fingerprint density at radius 3 is 2.29 bits per heavy atom. The standard InChI is InChI=1S/C15H13ClN2O5S/c16-11-7-6-10(8-12(11)24(17,22)23)14(19)18-13(15(20)21)9-4-2-1-3-5-9/h1-8,13H,(H,18,19)(H,20,21)(H2,17,22,23)/t13-/m0/s1. The van der Waals surface area contributed by atoms with Gasteiger partial charge in [-0.05, 0) is 23.8 Å². The summed E-state index contributed by atoms with van der Waals surface area (Å²) in [6.45, 7) is 0. The number of rotatable bonds is 5. The van der Waals surface area contributed by atoms with Crippen molar-refractivity contribution in [3.8, 4) is 0 Å². The summed E-state index contributed by atoms with van der Waals surface area (Å²) >= 11 is 5.75. The van der Waals surface area contributed by atoms with Crippen LogP contribution in [0.2, 0.25) is 5.02 Å². The third kappa shape index (κ3) is 4.10. The molecule has 4 N–H and O–H groups in total. The highest BCUT2D eigenvalue weighted by atomic mass is 35.5. The molecule has 2 rings (SSSR count). The quantitative estimate of drug-likeness (QED) is 0.737. The molecule has 2 aromatic carbocycles. The fourth-order valence-electron chi connectivity index (χ4n) is 2.01. The fraction of sp³-hybridized carbons (Fsp3) is 0.0667. The van der Waals surface area contributed by atoms with E-state index in [4.69, 9.17) is 16.7 Å². The van der Waals surface area contributed by atoms with E-state index in [0.29, 0.717) is 5.56 Å². The molecule has 0 unspecified atom stereocenters. The summed E-state index contributed by atoms with van der Waals surface area (Å²) in [5, 5.41) is 16.5. The Balaban J connectivity index is 2.33. The Kier molecular flexibility index (Phi) is 5.23. The maximum Gasteiger partial charge on any atom is 0.330 e. The summed E-state index contributed by atoms with van der Waals surface area (Å²) in [6.07, 6.45) is 0. The van der Waals surface area contributed by atoms with Crippen LogP contribution in [0.1, 0.15) is 22.0 Å². The lowest BCUT2D eigenvalue weighted by molar-refractivity contribution is -0.139. The molecule has 7 nitrogen and oxygen atoms in total. The number of amides is 1. The molecule has 1 amide bonds. The van der Waals surface area contributed by atoms with Crippen LogP contribution in [0.4, 0.5) is 0 Å². The molecule has 24 heavy (non-hydrogen) atoms. The smallest absolute Gasteiger partial charge is 0.330 e. The Bertz CT molecular complexity index is 884. The first kappa shape index (κ1) is 17.9. The van der Waals surface area contributed by atoms with Gasteiger partial charge in [-0.1, -0.05) is 41.9 Å². The molecule has 0 aliphatic heterocycles. The molecule has 0 heterocycles. The number of nitrogens with two attached hydrogens (primary N) is 1. The van der Waals surface area contributed by atoms with Gasteiger partial charge in [0.15, 0.2) is 6.04 Å². The minimum absolute atomic E-state index is 0.0781. The second-order valence-electron chi connectivity index (χ2n) is 4.85. The van der Waals surface area contributed by atoms with Crippen LogP contribution in [0.3, 0.4) is 0 Å². The van der Waals surface area contributed by atoms with Gasteiger partial charge < -0.3 is 10.4 Å². The molecule has 0 aliphatic rings. The molecule has 9 heteroatoms. The van der Waals surface area contributed by atoms with E-state index in [9.17, 15) is 23.1 Å². The van der Waals surface area contributed by atoms with Crippen molar-refractivity contribution < 1.29 is 23.1 Å². The molecule has 0 saturated heterocycles. The van der Waals surface area contributed by atoms with E-state index in [1.165, 1.54) is 12.1 Å². The summed E-state index contributed by atoms with van der Waals surface area (Å²) in [7, 11) is -4.11. The number of sulfonamides is 1. The fourth-order valence-corrected chi connectivity index (χ4v) is 3.08. The minimum Gasteiger partial charge on any atom is -0.479 e. The number of carbonyl (C=O) groups is 2. The van der Waals surface area contributed by atoms with Crippen molar-refractivity contribution >= 4 is 33.5 Å². The van der Waals surface area contributed by atoms with Gasteiger partial charge in [-0.2, -0.15) is 0 Å². The van der Waals surface area contributed by atoms with E-state index in [1.54, 1.807) is 30.3 Å². The molecule has 0 spiro atoms. The molecule has 0 bridgehead atoms. The van der Waals surface area contributed by atoms with E-state index < -0.39 is 32.8 Å². The van der Waals surface area contributed by atoms with Crippen LogP contribution in [-0.4, -0.2) is 25.4 Å². The Morgan fingerprint density at radius 1 is 1.12 bits per heavy atom. The topological polar surface area (TPSA) is 127 Å². The number of primary sulfonamides is 1. The van der Waals surface area contributed by atoms with Crippen molar-refractivity contribution in [1.82, 2.24) is 5.32 Å². The summed E-state index contributed by atoms with van der Waals surface area (Å²) < 4.78 is 22.9. The predicted octanol–water partition coefficient (Wildman–Crippen LogP) is 1.54. The van der Waals surface area contributed by atoms with Crippen molar-refractivity contribution in [3.63, 3.8) is 0 Å². The molecule has 0 radical (unpaired) electrons. The Morgan fingerprint density at radius 2 is 1.75 bits per heavy atom. The highest BCUT2D eigenvalue weighted by molar-refractivity contribution is 7.89. The average Bonchev–Trinajstić information content (AvgIpc) is 2.52. The van der Waals surface area contributed by atoms with Gasteiger partial charge in [0, 0.05) is 5.56 Å². The number of carboxylic acid groups (broad SMARTS) is 1. The molecule has 2 aromatic rings. The number of hydrogen-bond acceptors (Lipinski definition) is 4. The summed E-state index contributed by atoms with van der Waals surface area (Å²) in [6, 6.07) is 10.3. The molecule has 0 aromatic heterocycles. The van der Waals surface area contributed by atoms with Crippen LogP contribution in [0.15, 0.2) is 53.4 Å². The Labute approximate surface area is 143 Å². The van der Waals surface area contributed by atoms with Crippen LogP contribution in [-0.2, 0) is 14.8 Å². The van der Waals surface area contributed by atoms with Gasteiger partial charge >= 0.3 is 5.97 Å². The van der Waals surface area contributed by atoms with Crippen molar-refractivity contribution in [1.29, 1.82) is 0 Å². The van der Waals surface area contributed by atoms with Gasteiger partial charge in [-0.15, -0.1) is 0 Å². The van der Waals surface area contributed by atoms with E-state index in [0.717, 1.165) is 6.07 Å². The lowest BCUT2D eigenvalue weighted by Gasteiger charge is -2.15. The second-order valence-corrected chi connectivity index (χ2v) is 6.78.